The van der Waals surface area contributed by atoms with E-state index in [-0.39, 0.29) is 5.56 Å². The zero-order valence-electron chi connectivity index (χ0n) is 18.8. The van der Waals surface area contributed by atoms with Gasteiger partial charge in [-0.2, -0.15) is 5.10 Å². The summed E-state index contributed by atoms with van der Waals surface area (Å²) in [7, 11) is 0. The molecule has 0 saturated heterocycles. The fourth-order valence-corrected chi connectivity index (χ4v) is 4.51. The molecule has 0 radical (unpaired) electrons. The second kappa shape index (κ2) is 10.5. The molecular formula is C26H32N4O2. The summed E-state index contributed by atoms with van der Waals surface area (Å²) < 4.78 is 2.10. The van der Waals surface area contributed by atoms with Crippen molar-refractivity contribution in [2.75, 3.05) is 0 Å². The summed E-state index contributed by atoms with van der Waals surface area (Å²) in [5, 5.41) is 14.4. The maximum Gasteiger partial charge on any atom is 0.336 e. The first-order valence-electron chi connectivity index (χ1n) is 11.9. The molecule has 1 aliphatic carbocycles. The highest BCUT2D eigenvalue weighted by atomic mass is 16.4. The van der Waals surface area contributed by atoms with E-state index in [1.54, 1.807) is 18.2 Å². The molecule has 0 bridgehead atoms. The van der Waals surface area contributed by atoms with E-state index in [0.717, 1.165) is 30.2 Å². The van der Waals surface area contributed by atoms with Crippen LogP contribution in [0, 0.1) is 0 Å². The zero-order chi connectivity index (χ0) is 22.3. The summed E-state index contributed by atoms with van der Waals surface area (Å²) in [6, 6.07) is 10.9. The molecule has 1 N–H and O–H groups in total. The number of aromatic carboxylic acids is 1. The van der Waals surface area contributed by atoms with Crippen molar-refractivity contribution in [1.29, 1.82) is 0 Å². The highest BCUT2D eigenvalue weighted by Crippen LogP contribution is 2.31. The largest absolute Gasteiger partial charge is 0.478 e. The maximum atomic E-state index is 11.5. The lowest BCUT2D eigenvalue weighted by Gasteiger charge is -2.18. The molecule has 1 aliphatic rings. The van der Waals surface area contributed by atoms with Gasteiger partial charge in [0.25, 0.3) is 0 Å². The number of nitrogens with zero attached hydrogens (tertiary/aromatic N) is 4. The van der Waals surface area contributed by atoms with Crippen LogP contribution in [-0.4, -0.2) is 30.8 Å². The van der Waals surface area contributed by atoms with Crippen molar-refractivity contribution >= 4 is 5.97 Å². The van der Waals surface area contributed by atoms with Gasteiger partial charge < -0.3 is 5.11 Å². The smallest absolute Gasteiger partial charge is 0.336 e. The van der Waals surface area contributed by atoms with Crippen LogP contribution in [0.2, 0.25) is 0 Å². The van der Waals surface area contributed by atoms with Gasteiger partial charge in [-0.25, -0.2) is 14.5 Å². The van der Waals surface area contributed by atoms with Gasteiger partial charge in [-0.3, -0.25) is 4.98 Å². The third-order valence-corrected chi connectivity index (χ3v) is 6.33. The van der Waals surface area contributed by atoms with Gasteiger partial charge in [0.05, 0.1) is 11.3 Å². The lowest BCUT2D eigenvalue weighted by atomic mass is 9.89. The van der Waals surface area contributed by atoms with Crippen molar-refractivity contribution in [3.05, 3.63) is 65.4 Å². The summed E-state index contributed by atoms with van der Waals surface area (Å²) >= 11 is 0. The van der Waals surface area contributed by atoms with Crippen LogP contribution in [0.15, 0.2) is 42.6 Å². The minimum Gasteiger partial charge on any atom is -0.478 e. The van der Waals surface area contributed by atoms with Gasteiger partial charge in [0.1, 0.15) is 5.82 Å². The average Bonchev–Trinajstić information content (AvgIpc) is 3.23. The number of aromatic nitrogens is 4. The third-order valence-electron chi connectivity index (χ3n) is 6.33. The van der Waals surface area contributed by atoms with E-state index in [1.165, 1.54) is 44.9 Å². The van der Waals surface area contributed by atoms with Gasteiger partial charge in [-0.05, 0) is 37.0 Å². The molecule has 0 atom stereocenters. The van der Waals surface area contributed by atoms with E-state index >= 15 is 0 Å². The van der Waals surface area contributed by atoms with Gasteiger partial charge in [-0.1, -0.05) is 63.3 Å². The number of pyridine rings is 1. The van der Waals surface area contributed by atoms with Crippen LogP contribution < -0.4 is 0 Å². The van der Waals surface area contributed by atoms with Crippen LogP contribution in [0.3, 0.4) is 0 Å². The zero-order valence-corrected chi connectivity index (χ0v) is 18.8. The van der Waals surface area contributed by atoms with Crippen LogP contribution in [0.4, 0.5) is 0 Å². The second-order valence-electron chi connectivity index (χ2n) is 8.73. The van der Waals surface area contributed by atoms with Gasteiger partial charge in [-0.15, -0.1) is 0 Å². The molecule has 6 heteroatoms. The Kier molecular flexibility index (Phi) is 7.30. The fraction of sp³-hybridized carbons (Fsp3) is 0.462. The number of benzene rings is 1. The van der Waals surface area contributed by atoms with E-state index in [2.05, 4.69) is 16.6 Å². The monoisotopic (exact) mass is 432 g/mol. The average molecular weight is 433 g/mol. The Hall–Kier alpha value is -3.02. The van der Waals surface area contributed by atoms with Crippen LogP contribution in [0.1, 0.15) is 91.8 Å². The van der Waals surface area contributed by atoms with Crippen LogP contribution in [0.5, 0.6) is 0 Å². The second-order valence-corrected chi connectivity index (χ2v) is 8.73. The number of hydrogen-bond acceptors (Lipinski definition) is 4. The fourth-order valence-electron chi connectivity index (χ4n) is 4.51. The summed E-state index contributed by atoms with van der Waals surface area (Å²) in [5.41, 5.74) is 2.62. The quantitative estimate of drug-likeness (QED) is 0.428. The van der Waals surface area contributed by atoms with Crippen LogP contribution in [0.25, 0.3) is 11.3 Å². The molecule has 0 unspecified atom stereocenters. The normalized spacial score (nSPS) is 14.5. The number of rotatable bonds is 9. The molecule has 1 saturated carbocycles. The van der Waals surface area contributed by atoms with Crippen molar-refractivity contribution in [1.82, 2.24) is 19.7 Å². The lowest BCUT2D eigenvalue weighted by molar-refractivity contribution is 0.0697. The van der Waals surface area contributed by atoms with E-state index in [1.807, 2.05) is 24.4 Å². The Morgan fingerprint density at radius 1 is 1.09 bits per heavy atom. The summed E-state index contributed by atoms with van der Waals surface area (Å²) in [6.45, 7) is 3.12. The van der Waals surface area contributed by atoms with Crippen molar-refractivity contribution < 1.29 is 9.90 Å². The first-order valence-corrected chi connectivity index (χ1v) is 11.9. The summed E-state index contributed by atoms with van der Waals surface area (Å²) in [6.07, 6.45) is 12.2. The van der Waals surface area contributed by atoms with Gasteiger partial charge >= 0.3 is 5.97 Å². The maximum absolute atomic E-state index is 11.5. The minimum absolute atomic E-state index is 0.264. The number of unbranched alkanes of at least 4 members (excludes halogenated alkanes) is 2. The molecule has 2 heterocycles. The first-order chi connectivity index (χ1) is 15.7. The van der Waals surface area contributed by atoms with E-state index in [4.69, 9.17) is 10.1 Å². The Morgan fingerprint density at radius 2 is 1.91 bits per heavy atom. The number of carboxylic acids is 1. The van der Waals surface area contributed by atoms with Crippen LogP contribution in [-0.2, 0) is 13.0 Å². The summed E-state index contributed by atoms with van der Waals surface area (Å²) in [5.74, 6) is 1.56. The molecule has 32 heavy (non-hydrogen) atoms. The minimum atomic E-state index is -0.943. The third kappa shape index (κ3) is 5.23. The highest BCUT2D eigenvalue weighted by molar-refractivity contribution is 5.95. The SMILES string of the molecule is CCCCCn1nc(C2CCCCC2)nc1Cc1ccc(-c2ccccc2C(=O)O)nc1. The summed E-state index contributed by atoms with van der Waals surface area (Å²) in [4.78, 5) is 21.1. The Labute approximate surface area is 189 Å². The predicted octanol–water partition coefficient (Wildman–Crippen LogP) is 5.87. The molecule has 1 aromatic carbocycles. The van der Waals surface area contributed by atoms with Crippen molar-refractivity contribution in [3.8, 4) is 11.3 Å². The molecular weight excluding hydrogens is 400 g/mol. The van der Waals surface area contributed by atoms with Gasteiger partial charge in [0.15, 0.2) is 5.82 Å². The predicted molar refractivity (Wildman–Crippen MR) is 125 cm³/mol. The van der Waals surface area contributed by atoms with E-state index < -0.39 is 5.97 Å². The topological polar surface area (TPSA) is 80.9 Å². The molecule has 1 fully saturated rings. The number of hydrogen-bond donors (Lipinski definition) is 1. The highest BCUT2D eigenvalue weighted by Gasteiger charge is 2.22. The van der Waals surface area contributed by atoms with Crippen molar-refractivity contribution in [3.63, 3.8) is 0 Å². The number of aryl methyl sites for hydroxylation is 1. The Morgan fingerprint density at radius 3 is 2.62 bits per heavy atom. The molecule has 4 rings (SSSR count). The number of carboxylic acid groups (broad SMARTS) is 1. The molecule has 6 nitrogen and oxygen atoms in total. The molecule has 0 aliphatic heterocycles. The van der Waals surface area contributed by atoms with Gasteiger partial charge in [0, 0.05) is 30.6 Å². The molecule has 2 aromatic heterocycles. The molecule has 0 spiro atoms. The van der Waals surface area contributed by atoms with Gasteiger partial charge in [0.2, 0.25) is 0 Å². The standard InChI is InChI=1S/C26H32N4O2/c1-2-3-9-16-30-24(28-25(29-30)20-10-5-4-6-11-20)17-19-14-15-23(27-18-19)21-12-7-8-13-22(21)26(31)32/h7-8,12-15,18,20H,2-6,9-11,16-17H2,1H3,(H,31,32). The van der Waals surface area contributed by atoms with Crippen molar-refractivity contribution in [2.24, 2.45) is 0 Å². The van der Waals surface area contributed by atoms with Crippen molar-refractivity contribution in [2.45, 2.75) is 77.2 Å². The molecule has 3 aromatic rings. The molecule has 168 valence electrons. The lowest BCUT2D eigenvalue weighted by Crippen LogP contribution is -2.08. The van der Waals surface area contributed by atoms with Crippen LogP contribution >= 0.6 is 0 Å². The Bertz CT molecular complexity index is 1040. The number of carbonyl (C=O) groups is 1. The van der Waals surface area contributed by atoms with E-state index in [0.29, 0.717) is 23.6 Å². The molecule has 0 amide bonds. The van der Waals surface area contributed by atoms with E-state index in [9.17, 15) is 9.90 Å². The Balaban J connectivity index is 1.55. The first kappa shape index (κ1) is 22.2.